The molecular weight excluding hydrogens is 304 g/mol. The zero-order valence-electron chi connectivity index (χ0n) is 13.0. The first-order chi connectivity index (χ1) is 10.1. The topological polar surface area (TPSA) is 73.6 Å². The van der Waals surface area contributed by atoms with Crippen LogP contribution in [0.5, 0.6) is 5.75 Å². The summed E-state index contributed by atoms with van der Waals surface area (Å²) in [7, 11) is 1.64. The van der Waals surface area contributed by atoms with E-state index < -0.39 is 5.54 Å². The third-order valence-corrected chi connectivity index (χ3v) is 3.88. The van der Waals surface area contributed by atoms with Crippen molar-refractivity contribution in [2.45, 2.75) is 37.8 Å². The van der Waals surface area contributed by atoms with E-state index in [4.69, 9.17) is 15.2 Å². The lowest BCUT2D eigenvalue weighted by Crippen LogP contribution is -2.51. The number of halogens is 1. The van der Waals surface area contributed by atoms with Crippen molar-refractivity contribution in [2.75, 3.05) is 20.3 Å². The minimum absolute atomic E-state index is 0. The van der Waals surface area contributed by atoms with Gasteiger partial charge in [-0.15, -0.1) is 12.4 Å². The Kier molecular flexibility index (Phi) is 7.65. The molecule has 5 nitrogen and oxygen atoms in total. The van der Waals surface area contributed by atoms with Crippen molar-refractivity contribution >= 4 is 18.3 Å². The van der Waals surface area contributed by atoms with Crippen molar-refractivity contribution in [1.29, 1.82) is 0 Å². The smallest absolute Gasteiger partial charge is 0.240 e. The molecule has 6 heteroatoms. The number of rotatable bonds is 7. The highest BCUT2D eigenvalue weighted by molar-refractivity contribution is 5.86. The molecule has 1 saturated carbocycles. The van der Waals surface area contributed by atoms with Crippen molar-refractivity contribution in [2.24, 2.45) is 5.73 Å². The molecule has 2 rings (SSSR count). The van der Waals surface area contributed by atoms with Crippen molar-refractivity contribution in [3.8, 4) is 5.75 Å². The zero-order chi connectivity index (χ0) is 15.1. The summed E-state index contributed by atoms with van der Waals surface area (Å²) in [5, 5.41) is 2.93. The van der Waals surface area contributed by atoms with Gasteiger partial charge in [0.1, 0.15) is 12.4 Å². The van der Waals surface area contributed by atoms with Crippen molar-refractivity contribution in [3.05, 3.63) is 29.8 Å². The van der Waals surface area contributed by atoms with Crippen LogP contribution >= 0.6 is 12.4 Å². The first-order valence-electron chi connectivity index (χ1n) is 7.42. The van der Waals surface area contributed by atoms with E-state index in [1.54, 1.807) is 7.11 Å². The zero-order valence-corrected chi connectivity index (χ0v) is 13.8. The van der Waals surface area contributed by atoms with E-state index in [0.717, 1.165) is 37.0 Å². The van der Waals surface area contributed by atoms with Gasteiger partial charge in [-0.2, -0.15) is 0 Å². The minimum Gasteiger partial charge on any atom is -0.491 e. The first kappa shape index (κ1) is 18.7. The maximum Gasteiger partial charge on any atom is 0.240 e. The average molecular weight is 329 g/mol. The van der Waals surface area contributed by atoms with Crippen LogP contribution in [-0.2, 0) is 16.1 Å². The summed E-state index contributed by atoms with van der Waals surface area (Å²) in [5.41, 5.74) is 6.48. The number of amides is 1. The third kappa shape index (κ3) is 5.16. The molecule has 0 heterocycles. The highest BCUT2D eigenvalue weighted by Crippen LogP contribution is 2.27. The second-order valence-electron chi connectivity index (χ2n) is 5.53. The van der Waals surface area contributed by atoms with Gasteiger partial charge in [0.2, 0.25) is 5.91 Å². The van der Waals surface area contributed by atoms with Crippen LogP contribution in [0.15, 0.2) is 24.3 Å². The molecule has 1 aliphatic rings. The molecule has 0 unspecified atom stereocenters. The Hall–Kier alpha value is -1.30. The number of nitrogens with one attached hydrogen (secondary N) is 1. The Balaban J connectivity index is 0.00000242. The SMILES string of the molecule is COCCOc1ccc(CNC(=O)C2(N)CCCC2)cc1.Cl. The molecule has 1 amide bonds. The van der Waals surface area contributed by atoms with Crippen molar-refractivity contribution in [3.63, 3.8) is 0 Å². The van der Waals surface area contributed by atoms with Crippen LogP contribution in [0.2, 0.25) is 0 Å². The first-order valence-corrected chi connectivity index (χ1v) is 7.42. The highest BCUT2D eigenvalue weighted by Gasteiger charge is 2.36. The summed E-state index contributed by atoms with van der Waals surface area (Å²) in [4.78, 5) is 12.1. The fraction of sp³-hybridized carbons (Fsp3) is 0.562. The molecule has 0 radical (unpaired) electrons. The summed E-state index contributed by atoms with van der Waals surface area (Å²) in [6.07, 6.45) is 3.64. The number of carbonyl (C=O) groups excluding carboxylic acids is 1. The maximum absolute atomic E-state index is 12.1. The standard InChI is InChI=1S/C16H24N2O3.ClH/c1-20-10-11-21-14-6-4-13(5-7-14)12-18-15(19)16(17)8-2-3-9-16;/h4-7H,2-3,8-12,17H2,1H3,(H,18,19);1H. The molecule has 1 aromatic carbocycles. The van der Waals surface area contributed by atoms with Gasteiger partial charge in [-0.25, -0.2) is 0 Å². The van der Waals surface area contributed by atoms with Gasteiger partial charge in [0, 0.05) is 13.7 Å². The normalized spacial score (nSPS) is 15.9. The molecule has 1 aromatic rings. The molecule has 3 N–H and O–H groups in total. The van der Waals surface area contributed by atoms with Crippen LogP contribution < -0.4 is 15.8 Å². The molecule has 0 saturated heterocycles. The van der Waals surface area contributed by atoms with Crippen molar-refractivity contribution < 1.29 is 14.3 Å². The Morgan fingerprint density at radius 2 is 1.86 bits per heavy atom. The van der Waals surface area contributed by atoms with E-state index in [2.05, 4.69) is 5.32 Å². The largest absolute Gasteiger partial charge is 0.491 e. The van der Waals surface area contributed by atoms with Gasteiger partial charge in [0.05, 0.1) is 12.1 Å². The van der Waals surface area contributed by atoms with Crippen molar-refractivity contribution in [1.82, 2.24) is 5.32 Å². The Labute approximate surface area is 138 Å². The fourth-order valence-corrected chi connectivity index (χ4v) is 2.54. The molecule has 0 aromatic heterocycles. The van der Waals surface area contributed by atoms with Gasteiger partial charge in [-0.05, 0) is 30.5 Å². The minimum atomic E-state index is -0.663. The molecule has 1 fully saturated rings. The van der Waals surface area contributed by atoms with E-state index in [9.17, 15) is 4.79 Å². The summed E-state index contributed by atoms with van der Waals surface area (Å²) < 4.78 is 10.4. The van der Waals surface area contributed by atoms with Crippen LogP contribution in [0, 0.1) is 0 Å². The summed E-state index contributed by atoms with van der Waals surface area (Å²) in [6, 6.07) is 7.68. The number of nitrogens with two attached hydrogens (primary N) is 1. The number of carbonyl (C=O) groups is 1. The van der Waals surface area contributed by atoms with E-state index in [1.807, 2.05) is 24.3 Å². The second kappa shape index (κ2) is 8.98. The van der Waals surface area contributed by atoms with Crippen LogP contribution in [0.1, 0.15) is 31.2 Å². The lowest BCUT2D eigenvalue weighted by molar-refractivity contribution is -0.126. The molecule has 1 aliphatic carbocycles. The van der Waals surface area contributed by atoms with Gasteiger partial charge >= 0.3 is 0 Å². The summed E-state index contributed by atoms with van der Waals surface area (Å²) >= 11 is 0. The van der Waals surface area contributed by atoms with Gasteiger partial charge in [-0.3, -0.25) is 4.79 Å². The lowest BCUT2D eigenvalue weighted by atomic mass is 9.98. The Bertz CT molecular complexity index is 459. The fourth-order valence-electron chi connectivity index (χ4n) is 2.54. The Morgan fingerprint density at radius 1 is 1.23 bits per heavy atom. The van der Waals surface area contributed by atoms with Crippen LogP contribution in [0.4, 0.5) is 0 Å². The molecule has 0 spiro atoms. The highest BCUT2D eigenvalue weighted by atomic mass is 35.5. The van der Waals surface area contributed by atoms with Gasteiger partial charge in [-0.1, -0.05) is 25.0 Å². The van der Waals surface area contributed by atoms with Crippen LogP contribution in [-0.4, -0.2) is 31.8 Å². The lowest BCUT2D eigenvalue weighted by Gasteiger charge is -2.22. The maximum atomic E-state index is 12.1. The summed E-state index contributed by atoms with van der Waals surface area (Å²) in [6.45, 7) is 1.59. The molecule has 0 bridgehead atoms. The number of benzene rings is 1. The van der Waals surface area contributed by atoms with E-state index >= 15 is 0 Å². The number of hydrogen-bond acceptors (Lipinski definition) is 4. The van der Waals surface area contributed by atoms with Gasteiger partial charge in [0.25, 0.3) is 0 Å². The van der Waals surface area contributed by atoms with E-state index in [0.29, 0.717) is 19.8 Å². The van der Waals surface area contributed by atoms with Gasteiger partial charge in [0.15, 0.2) is 0 Å². The third-order valence-electron chi connectivity index (χ3n) is 3.88. The monoisotopic (exact) mass is 328 g/mol. The quantitative estimate of drug-likeness (QED) is 0.751. The molecule has 124 valence electrons. The number of ether oxygens (including phenoxy) is 2. The molecule has 0 aliphatic heterocycles. The summed E-state index contributed by atoms with van der Waals surface area (Å²) in [5.74, 6) is 0.758. The average Bonchev–Trinajstić information content (AvgIpc) is 2.94. The molecular formula is C16H25ClN2O3. The van der Waals surface area contributed by atoms with Gasteiger partial charge < -0.3 is 20.5 Å². The number of hydrogen-bond donors (Lipinski definition) is 2. The Morgan fingerprint density at radius 3 is 2.45 bits per heavy atom. The molecule has 22 heavy (non-hydrogen) atoms. The van der Waals surface area contributed by atoms with E-state index in [1.165, 1.54) is 0 Å². The molecule has 0 atom stereocenters. The predicted molar refractivity (Wildman–Crippen MR) is 88.3 cm³/mol. The second-order valence-corrected chi connectivity index (χ2v) is 5.53. The van der Waals surface area contributed by atoms with Crippen LogP contribution in [0.3, 0.4) is 0 Å². The van der Waals surface area contributed by atoms with Crippen LogP contribution in [0.25, 0.3) is 0 Å². The van der Waals surface area contributed by atoms with E-state index in [-0.39, 0.29) is 18.3 Å². The predicted octanol–water partition coefficient (Wildman–Crippen LogP) is 2.02. The number of methoxy groups -OCH3 is 1.